The van der Waals surface area contributed by atoms with Gasteiger partial charge in [-0.2, -0.15) is 5.10 Å². The molecule has 6 nitrogen and oxygen atoms in total. The molecule has 3 aromatic rings. The zero-order chi connectivity index (χ0) is 19.4. The Hall–Kier alpha value is -3.15. The molecule has 0 unspecified atom stereocenters. The van der Waals surface area contributed by atoms with Crippen molar-refractivity contribution in [3.8, 4) is 5.69 Å². The fraction of sp³-hybridized carbons (Fsp3) is 0.286. The van der Waals surface area contributed by atoms with E-state index >= 15 is 0 Å². The summed E-state index contributed by atoms with van der Waals surface area (Å²) in [6.07, 6.45) is 1.69. The van der Waals surface area contributed by atoms with Crippen LogP contribution in [0.1, 0.15) is 35.6 Å². The summed E-state index contributed by atoms with van der Waals surface area (Å²) in [7, 11) is 0. The van der Waals surface area contributed by atoms with Gasteiger partial charge in [0, 0.05) is 13.1 Å². The van der Waals surface area contributed by atoms with E-state index in [0.29, 0.717) is 16.9 Å². The van der Waals surface area contributed by atoms with Crippen LogP contribution in [0.2, 0.25) is 0 Å². The van der Waals surface area contributed by atoms with Crippen molar-refractivity contribution in [2.24, 2.45) is 0 Å². The molecule has 0 saturated heterocycles. The largest absolute Gasteiger partial charge is 0.357 e. The van der Waals surface area contributed by atoms with Gasteiger partial charge >= 0.3 is 0 Å². The number of hydrogen-bond acceptors (Lipinski definition) is 4. The highest BCUT2D eigenvalue weighted by Crippen LogP contribution is 2.20. The zero-order valence-electron chi connectivity index (χ0n) is 16.2. The maximum absolute atomic E-state index is 12.8. The van der Waals surface area contributed by atoms with Gasteiger partial charge in [0.05, 0.1) is 34.5 Å². The normalized spacial score (nSPS) is 10.7. The Morgan fingerprint density at radius 3 is 2.37 bits per heavy atom. The summed E-state index contributed by atoms with van der Waals surface area (Å²) in [5.74, 6) is 0.729. The van der Waals surface area contributed by atoms with Crippen LogP contribution >= 0.6 is 0 Å². The highest BCUT2D eigenvalue weighted by molar-refractivity contribution is 6.05. The summed E-state index contributed by atoms with van der Waals surface area (Å²) in [6, 6.07) is 13.6. The van der Waals surface area contributed by atoms with Gasteiger partial charge in [-0.3, -0.25) is 4.79 Å². The molecule has 27 heavy (non-hydrogen) atoms. The number of carbonyl (C=O) groups is 1. The SMILES string of the molecule is CCN(CC)c1ccc(NC(=O)c2c(C)nn(-c3ccccc3)c2C)cn1. The van der Waals surface area contributed by atoms with Gasteiger partial charge in [-0.25, -0.2) is 9.67 Å². The van der Waals surface area contributed by atoms with Crippen molar-refractivity contribution in [3.05, 3.63) is 65.6 Å². The van der Waals surface area contributed by atoms with Crippen LogP contribution in [0, 0.1) is 13.8 Å². The van der Waals surface area contributed by atoms with Gasteiger partial charge in [-0.15, -0.1) is 0 Å². The highest BCUT2D eigenvalue weighted by Gasteiger charge is 2.19. The minimum absolute atomic E-state index is 0.176. The Kier molecular flexibility index (Phi) is 5.54. The molecule has 6 heteroatoms. The first kappa shape index (κ1) is 18.6. The summed E-state index contributed by atoms with van der Waals surface area (Å²) >= 11 is 0. The lowest BCUT2D eigenvalue weighted by atomic mass is 10.2. The number of pyridine rings is 1. The van der Waals surface area contributed by atoms with Crippen molar-refractivity contribution in [2.45, 2.75) is 27.7 Å². The van der Waals surface area contributed by atoms with Crippen LogP contribution in [0.3, 0.4) is 0 Å². The van der Waals surface area contributed by atoms with Gasteiger partial charge in [0.1, 0.15) is 5.82 Å². The first-order valence-electron chi connectivity index (χ1n) is 9.19. The number of rotatable bonds is 6. The van der Waals surface area contributed by atoms with Crippen LogP contribution < -0.4 is 10.2 Å². The highest BCUT2D eigenvalue weighted by atomic mass is 16.1. The van der Waals surface area contributed by atoms with Crippen molar-refractivity contribution >= 4 is 17.4 Å². The summed E-state index contributed by atoms with van der Waals surface area (Å²) in [6.45, 7) is 9.73. The van der Waals surface area contributed by atoms with Crippen molar-refractivity contribution in [3.63, 3.8) is 0 Å². The van der Waals surface area contributed by atoms with Crippen LogP contribution in [0.15, 0.2) is 48.7 Å². The van der Waals surface area contributed by atoms with Gasteiger partial charge in [-0.1, -0.05) is 18.2 Å². The van der Waals surface area contributed by atoms with Gasteiger partial charge in [-0.05, 0) is 52.0 Å². The molecule has 1 N–H and O–H groups in total. The second-order valence-electron chi connectivity index (χ2n) is 6.32. The smallest absolute Gasteiger partial charge is 0.259 e. The first-order valence-corrected chi connectivity index (χ1v) is 9.19. The number of anilines is 2. The molecule has 140 valence electrons. The van der Waals surface area contributed by atoms with Crippen molar-refractivity contribution in [1.29, 1.82) is 0 Å². The molecule has 1 aromatic carbocycles. The van der Waals surface area contributed by atoms with Crippen LogP contribution in [0.5, 0.6) is 0 Å². The molecule has 0 radical (unpaired) electrons. The number of para-hydroxylation sites is 1. The second kappa shape index (κ2) is 8.03. The minimum Gasteiger partial charge on any atom is -0.357 e. The van der Waals surface area contributed by atoms with Crippen LogP contribution in [-0.4, -0.2) is 33.8 Å². The molecule has 2 heterocycles. The third-order valence-electron chi connectivity index (χ3n) is 4.61. The third-order valence-corrected chi connectivity index (χ3v) is 4.61. The van der Waals surface area contributed by atoms with E-state index in [4.69, 9.17) is 0 Å². The molecular weight excluding hydrogens is 338 g/mol. The lowest BCUT2D eigenvalue weighted by molar-refractivity contribution is 0.102. The molecule has 0 aliphatic carbocycles. The number of aryl methyl sites for hydroxylation is 1. The number of hydrogen-bond donors (Lipinski definition) is 1. The van der Waals surface area contributed by atoms with Crippen molar-refractivity contribution in [1.82, 2.24) is 14.8 Å². The Morgan fingerprint density at radius 2 is 1.78 bits per heavy atom. The summed E-state index contributed by atoms with van der Waals surface area (Å²) in [4.78, 5) is 19.4. The van der Waals surface area contributed by atoms with E-state index in [2.05, 4.69) is 34.1 Å². The molecule has 0 bridgehead atoms. The fourth-order valence-electron chi connectivity index (χ4n) is 3.18. The average Bonchev–Trinajstić information content (AvgIpc) is 2.99. The number of nitrogens with zero attached hydrogens (tertiary/aromatic N) is 4. The fourth-order valence-corrected chi connectivity index (χ4v) is 3.18. The molecule has 3 rings (SSSR count). The minimum atomic E-state index is -0.176. The number of nitrogens with one attached hydrogen (secondary N) is 1. The van der Waals surface area contributed by atoms with E-state index < -0.39 is 0 Å². The van der Waals surface area contributed by atoms with Gasteiger partial charge in [0.25, 0.3) is 5.91 Å². The van der Waals surface area contributed by atoms with Gasteiger partial charge < -0.3 is 10.2 Å². The maximum Gasteiger partial charge on any atom is 0.259 e. The van der Waals surface area contributed by atoms with E-state index in [9.17, 15) is 4.79 Å². The molecule has 0 fully saturated rings. The Bertz CT molecular complexity index is 912. The topological polar surface area (TPSA) is 63.1 Å². The van der Waals surface area contributed by atoms with Crippen molar-refractivity contribution in [2.75, 3.05) is 23.3 Å². The van der Waals surface area contributed by atoms with E-state index in [0.717, 1.165) is 30.3 Å². The summed E-state index contributed by atoms with van der Waals surface area (Å²) in [5, 5.41) is 7.47. The molecule has 0 atom stereocenters. The Morgan fingerprint density at radius 1 is 1.07 bits per heavy atom. The Labute approximate surface area is 159 Å². The van der Waals surface area contributed by atoms with E-state index in [-0.39, 0.29) is 5.91 Å². The number of carbonyl (C=O) groups excluding carboxylic acids is 1. The number of benzene rings is 1. The predicted molar refractivity (Wildman–Crippen MR) is 109 cm³/mol. The number of aromatic nitrogens is 3. The maximum atomic E-state index is 12.8. The molecule has 0 saturated carbocycles. The standard InChI is InChI=1S/C21H25N5O/c1-5-25(6-2)19-13-12-17(14-22-19)23-21(27)20-15(3)24-26(16(20)4)18-10-8-7-9-11-18/h7-14H,5-6H2,1-4H3,(H,23,27). The van der Waals surface area contributed by atoms with Crippen LogP contribution in [-0.2, 0) is 0 Å². The molecule has 0 aliphatic rings. The van der Waals surface area contributed by atoms with Crippen LogP contribution in [0.25, 0.3) is 5.69 Å². The second-order valence-corrected chi connectivity index (χ2v) is 6.32. The summed E-state index contributed by atoms with van der Waals surface area (Å²) < 4.78 is 1.80. The lowest BCUT2D eigenvalue weighted by Crippen LogP contribution is -2.23. The average molecular weight is 363 g/mol. The molecule has 0 aliphatic heterocycles. The zero-order valence-corrected chi connectivity index (χ0v) is 16.2. The molecule has 2 aromatic heterocycles. The van der Waals surface area contributed by atoms with E-state index in [1.807, 2.05) is 56.3 Å². The molecule has 1 amide bonds. The summed E-state index contributed by atoms with van der Waals surface area (Å²) in [5.41, 5.74) is 3.70. The monoisotopic (exact) mass is 363 g/mol. The predicted octanol–water partition coefficient (Wildman–Crippen LogP) is 3.98. The van der Waals surface area contributed by atoms with Gasteiger partial charge in [0.2, 0.25) is 0 Å². The quantitative estimate of drug-likeness (QED) is 0.719. The van der Waals surface area contributed by atoms with Crippen molar-refractivity contribution < 1.29 is 4.79 Å². The third kappa shape index (κ3) is 3.84. The Balaban J connectivity index is 1.82. The number of amides is 1. The van der Waals surface area contributed by atoms with E-state index in [1.165, 1.54) is 0 Å². The molecular formula is C21H25N5O. The van der Waals surface area contributed by atoms with Gasteiger partial charge in [0.15, 0.2) is 0 Å². The van der Waals surface area contributed by atoms with Crippen LogP contribution in [0.4, 0.5) is 11.5 Å². The lowest BCUT2D eigenvalue weighted by Gasteiger charge is -2.19. The molecule has 0 spiro atoms. The van der Waals surface area contributed by atoms with E-state index in [1.54, 1.807) is 10.9 Å². The first-order chi connectivity index (χ1) is 13.0.